The molecule has 1 heterocycles. The molecule has 1 N–H and O–H groups in total. The minimum absolute atomic E-state index is 0.0441. The van der Waals surface area contributed by atoms with Crippen LogP contribution < -0.4 is 4.90 Å². The van der Waals surface area contributed by atoms with Gasteiger partial charge in [0, 0.05) is 23.2 Å². The van der Waals surface area contributed by atoms with Crippen LogP contribution in [-0.4, -0.2) is 23.0 Å². The number of aryl methyl sites for hydroxylation is 1. The van der Waals surface area contributed by atoms with Gasteiger partial charge in [0.1, 0.15) is 0 Å². The van der Waals surface area contributed by atoms with Gasteiger partial charge in [-0.2, -0.15) is 0 Å². The molecule has 4 nitrogen and oxygen atoms in total. The lowest BCUT2D eigenvalue weighted by Gasteiger charge is -2.25. The van der Waals surface area contributed by atoms with E-state index in [1.807, 2.05) is 13.0 Å². The number of carbonyl (C=O) groups is 2. The zero-order valence-corrected chi connectivity index (χ0v) is 10.9. The summed E-state index contributed by atoms with van der Waals surface area (Å²) in [6, 6.07) is 4.92. The van der Waals surface area contributed by atoms with Crippen molar-refractivity contribution < 1.29 is 14.7 Å². The van der Waals surface area contributed by atoms with Crippen LogP contribution in [-0.2, 0) is 9.59 Å². The van der Waals surface area contributed by atoms with Crippen LogP contribution in [0, 0.1) is 12.8 Å². The summed E-state index contributed by atoms with van der Waals surface area (Å²) < 4.78 is 0. The van der Waals surface area contributed by atoms with E-state index in [1.54, 1.807) is 24.0 Å². The summed E-state index contributed by atoms with van der Waals surface area (Å²) in [7, 11) is 0. The third-order valence-corrected chi connectivity index (χ3v) is 3.64. The Morgan fingerprint density at radius 2 is 2.17 bits per heavy atom. The smallest absolute Gasteiger partial charge is 0.309 e. The van der Waals surface area contributed by atoms with Crippen molar-refractivity contribution >= 4 is 29.2 Å². The van der Waals surface area contributed by atoms with Gasteiger partial charge in [-0.05, 0) is 31.5 Å². The molecule has 1 saturated heterocycles. The second kappa shape index (κ2) is 4.61. The summed E-state index contributed by atoms with van der Waals surface area (Å²) in [5.74, 6) is -1.76. The molecule has 0 saturated carbocycles. The summed E-state index contributed by atoms with van der Waals surface area (Å²) in [6.45, 7) is 3.63. The molecule has 96 valence electrons. The molecule has 0 spiro atoms. The molecular formula is C13H14ClNO3. The van der Waals surface area contributed by atoms with Crippen molar-refractivity contribution in [3.8, 4) is 0 Å². The molecule has 1 aromatic carbocycles. The number of hydrogen-bond acceptors (Lipinski definition) is 2. The Morgan fingerprint density at radius 3 is 2.72 bits per heavy atom. The van der Waals surface area contributed by atoms with Crippen molar-refractivity contribution in [3.05, 3.63) is 28.8 Å². The Bertz CT molecular complexity index is 515. The van der Waals surface area contributed by atoms with Gasteiger partial charge in [0.2, 0.25) is 5.91 Å². The highest BCUT2D eigenvalue weighted by Gasteiger charge is 2.42. The number of amides is 1. The first-order chi connectivity index (χ1) is 8.41. The van der Waals surface area contributed by atoms with Crippen LogP contribution in [0.5, 0.6) is 0 Å². The fraction of sp³-hybridized carbons (Fsp3) is 0.385. The average Bonchev–Trinajstić information content (AvgIpc) is 2.58. The molecule has 1 aromatic rings. The lowest BCUT2D eigenvalue weighted by atomic mass is 10.0. The van der Waals surface area contributed by atoms with E-state index in [4.69, 9.17) is 16.7 Å². The Balaban J connectivity index is 2.41. The van der Waals surface area contributed by atoms with Gasteiger partial charge in [-0.15, -0.1) is 0 Å². The molecule has 5 heteroatoms. The summed E-state index contributed by atoms with van der Waals surface area (Å²) in [5, 5.41) is 9.62. The first-order valence-corrected chi connectivity index (χ1v) is 6.10. The molecule has 2 atom stereocenters. The fourth-order valence-electron chi connectivity index (χ4n) is 2.35. The summed E-state index contributed by atoms with van der Waals surface area (Å²) in [4.78, 5) is 24.6. The zero-order valence-electron chi connectivity index (χ0n) is 10.2. The summed E-state index contributed by atoms with van der Waals surface area (Å²) >= 11 is 5.94. The largest absolute Gasteiger partial charge is 0.481 e. The number of anilines is 1. The molecule has 1 aliphatic heterocycles. The first-order valence-electron chi connectivity index (χ1n) is 5.73. The molecule has 0 aromatic heterocycles. The van der Waals surface area contributed by atoms with Crippen molar-refractivity contribution in [2.45, 2.75) is 26.3 Å². The summed E-state index contributed by atoms with van der Waals surface area (Å²) in [6.07, 6.45) is 0.0441. The average molecular weight is 268 g/mol. The first kappa shape index (κ1) is 12.9. The number of hydrogen-bond donors (Lipinski definition) is 1. The van der Waals surface area contributed by atoms with Crippen LogP contribution in [0.15, 0.2) is 18.2 Å². The number of nitrogens with zero attached hydrogens (tertiary/aromatic N) is 1. The molecule has 1 aliphatic rings. The van der Waals surface area contributed by atoms with Gasteiger partial charge < -0.3 is 10.0 Å². The second-order valence-electron chi connectivity index (χ2n) is 4.58. The highest BCUT2D eigenvalue weighted by atomic mass is 35.5. The van der Waals surface area contributed by atoms with Gasteiger partial charge in [0.15, 0.2) is 0 Å². The number of carboxylic acids is 1. The van der Waals surface area contributed by atoms with Crippen LogP contribution >= 0.6 is 11.6 Å². The standard InChI is InChI=1S/C13H14ClNO3/c1-7-3-4-9(14)5-11(7)15-8(2)10(13(17)18)6-12(15)16/h3-5,8,10H,6H2,1-2H3,(H,17,18). The summed E-state index contributed by atoms with van der Waals surface area (Å²) in [5.41, 5.74) is 1.61. The minimum Gasteiger partial charge on any atom is -0.481 e. The van der Waals surface area contributed by atoms with Gasteiger partial charge in [0.05, 0.1) is 5.92 Å². The zero-order chi connectivity index (χ0) is 13.4. The molecule has 0 bridgehead atoms. The van der Waals surface area contributed by atoms with Gasteiger partial charge in [-0.3, -0.25) is 9.59 Å². The second-order valence-corrected chi connectivity index (χ2v) is 5.02. The van der Waals surface area contributed by atoms with Gasteiger partial charge >= 0.3 is 5.97 Å². The SMILES string of the molecule is Cc1ccc(Cl)cc1N1C(=O)CC(C(=O)O)C1C. The normalized spacial score (nSPS) is 23.5. The molecular weight excluding hydrogens is 254 g/mol. The Morgan fingerprint density at radius 1 is 1.50 bits per heavy atom. The van der Waals surface area contributed by atoms with E-state index in [9.17, 15) is 9.59 Å². The van der Waals surface area contributed by atoms with Crippen molar-refractivity contribution in [1.29, 1.82) is 0 Å². The van der Waals surface area contributed by atoms with E-state index in [2.05, 4.69) is 0 Å². The molecule has 2 rings (SSSR count). The van der Waals surface area contributed by atoms with Gasteiger partial charge in [-0.25, -0.2) is 0 Å². The van der Waals surface area contributed by atoms with Crippen LogP contribution in [0.25, 0.3) is 0 Å². The van der Waals surface area contributed by atoms with Crippen molar-refractivity contribution in [2.75, 3.05) is 4.90 Å². The number of benzene rings is 1. The third-order valence-electron chi connectivity index (χ3n) is 3.40. The Kier molecular flexibility index (Phi) is 3.30. The predicted octanol–water partition coefficient (Wildman–Crippen LogP) is 2.47. The van der Waals surface area contributed by atoms with E-state index >= 15 is 0 Å². The molecule has 0 aliphatic carbocycles. The van der Waals surface area contributed by atoms with Crippen LogP contribution in [0.3, 0.4) is 0 Å². The number of carbonyl (C=O) groups excluding carboxylic acids is 1. The van der Waals surface area contributed by atoms with E-state index in [-0.39, 0.29) is 18.4 Å². The topological polar surface area (TPSA) is 57.6 Å². The van der Waals surface area contributed by atoms with E-state index in [1.165, 1.54) is 0 Å². The van der Waals surface area contributed by atoms with Gasteiger partial charge in [-0.1, -0.05) is 17.7 Å². The fourth-order valence-corrected chi connectivity index (χ4v) is 2.52. The molecule has 1 amide bonds. The minimum atomic E-state index is -0.932. The molecule has 18 heavy (non-hydrogen) atoms. The maximum Gasteiger partial charge on any atom is 0.309 e. The van der Waals surface area contributed by atoms with Crippen molar-refractivity contribution in [1.82, 2.24) is 0 Å². The van der Waals surface area contributed by atoms with Crippen LogP contribution in [0.4, 0.5) is 5.69 Å². The van der Waals surface area contributed by atoms with Gasteiger partial charge in [0.25, 0.3) is 0 Å². The highest BCUT2D eigenvalue weighted by Crippen LogP contribution is 2.34. The Labute approximate surface area is 110 Å². The number of carboxylic acid groups (broad SMARTS) is 1. The van der Waals surface area contributed by atoms with E-state index in [0.29, 0.717) is 10.7 Å². The maximum atomic E-state index is 12.0. The molecule has 2 unspecified atom stereocenters. The number of aliphatic carboxylic acids is 1. The number of rotatable bonds is 2. The lowest BCUT2D eigenvalue weighted by Crippen LogP contribution is -2.35. The lowest BCUT2D eigenvalue weighted by molar-refractivity contribution is -0.142. The Hall–Kier alpha value is -1.55. The molecule has 0 radical (unpaired) electrons. The highest BCUT2D eigenvalue weighted by molar-refractivity contribution is 6.31. The van der Waals surface area contributed by atoms with Crippen molar-refractivity contribution in [2.24, 2.45) is 5.92 Å². The predicted molar refractivity (Wildman–Crippen MR) is 68.9 cm³/mol. The van der Waals surface area contributed by atoms with Crippen molar-refractivity contribution in [3.63, 3.8) is 0 Å². The van der Waals surface area contributed by atoms with Crippen LogP contribution in [0.2, 0.25) is 5.02 Å². The third kappa shape index (κ3) is 2.08. The number of halogens is 1. The maximum absolute atomic E-state index is 12.0. The monoisotopic (exact) mass is 267 g/mol. The van der Waals surface area contributed by atoms with E-state index < -0.39 is 11.9 Å². The quantitative estimate of drug-likeness (QED) is 0.896. The molecule has 1 fully saturated rings. The van der Waals surface area contributed by atoms with Crippen LogP contribution in [0.1, 0.15) is 18.9 Å². The van der Waals surface area contributed by atoms with E-state index in [0.717, 1.165) is 5.56 Å².